The van der Waals surface area contributed by atoms with Crippen molar-refractivity contribution in [1.29, 1.82) is 0 Å². The van der Waals surface area contributed by atoms with E-state index in [9.17, 15) is 4.79 Å². The van der Waals surface area contributed by atoms with Crippen LogP contribution in [0.5, 0.6) is 0 Å². The van der Waals surface area contributed by atoms with Crippen molar-refractivity contribution in [3.8, 4) is 0 Å². The molecule has 1 heterocycles. The van der Waals surface area contributed by atoms with Crippen molar-refractivity contribution in [2.24, 2.45) is 0 Å². The summed E-state index contributed by atoms with van der Waals surface area (Å²) < 4.78 is 0. The van der Waals surface area contributed by atoms with Crippen molar-refractivity contribution >= 4 is 11.6 Å². The van der Waals surface area contributed by atoms with Crippen molar-refractivity contribution in [2.75, 3.05) is 12.4 Å². The van der Waals surface area contributed by atoms with Crippen LogP contribution in [0.4, 0.5) is 5.69 Å². The molecule has 0 aromatic heterocycles. The lowest BCUT2D eigenvalue weighted by molar-refractivity contribution is -0.121. The first-order chi connectivity index (χ1) is 6.58. The topological polar surface area (TPSA) is 41.1 Å². The molecule has 0 fully saturated rings. The number of fused-ring (bicyclic) bond motifs is 1. The van der Waals surface area contributed by atoms with Gasteiger partial charge in [0.15, 0.2) is 0 Å². The van der Waals surface area contributed by atoms with E-state index in [4.69, 9.17) is 0 Å². The van der Waals surface area contributed by atoms with Crippen LogP contribution in [0.2, 0.25) is 0 Å². The molecular formula is C11H14N2O. The average Bonchev–Trinajstić information content (AvgIpc) is 2.41. The van der Waals surface area contributed by atoms with E-state index >= 15 is 0 Å². The van der Waals surface area contributed by atoms with Gasteiger partial charge in [-0.05, 0) is 27.0 Å². The van der Waals surface area contributed by atoms with Crippen molar-refractivity contribution in [2.45, 2.75) is 19.4 Å². The van der Waals surface area contributed by atoms with Crippen molar-refractivity contribution in [3.63, 3.8) is 0 Å². The highest BCUT2D eigenvalue weighted by atomic mass is 16.2. The minimum absolute atomic E-state index is 0.0144. The highest BCUT2D eigenvalue weighted by molar-refractivity contribution is 6.05. The molecule has 2 N–H and O–H groups in total. The second-order valence-corrected chi connectivity index (χ2v) is 3.88. The first-order valence-corrected chi connectivity index (χ1v) is 4.69. The Kier molecular flexibility index (Phi) is 1.86. The Morgan fingerprint density at radius 2 is 2.14 bits per heavy atom. The highest BCUT2D eigenvalue weighted by Gasteiger charge is 2.41. The number of amides is 1. The van der Waals surface area contributed by atoms with Crippen molar-refractivity contribution in [3.05, 3.63) is 29.3 Å². The van der Waals surface area contributed by atoms with Crippen LogP contribution < -0.4 is 10.6 Å². The molecule has 74 valence electrons. The Morgan fingerprint density at radius 3 is 2.79 bits per heavy atom. The van der Waals surface area contributed by atoms with Gasteiger partial charge in [0.2, 0.25) is 5.91 Å². The van der Waals surface area contributed by atoms with Crippen LogP contribution in [0.15, 0.2) is 18.2 Å². The van der Waals surface area contributed by atoms with E-state index in [2.05, 4.69) is 10.6 Å². The summed E-state index contributed by atoms with van der Waals surface area (Å²) in [4.78, 5) is 11.7. The van der Waals surface area contributed by atoms with E-state index in [0.29, 0.717) is 0 Å². The minimum atomic E-state index is -0.582. The normalized spacial score (nSPS) is 24.6. The summed E-state index contributed by atoms with van der Waals surface area (Å²) in [5.74, 6) is 0.0144. The van der Waals surface area contributed by atoms with Crippen LogP contribution in [0, 0.1) is 6.92 Å². The van der Waals surface area contributed by atoms with E-state index in [0.717, 1.165) is 11.3 Å². The molecule has 0 saturated carbocycles. The first kappa shape index (κ1) is 9.21. The van der Waals surface area contributed by atoms with Crippen LogP contribution in [0.3, 0.4) is 0 Å². The maximum absolute atomic E-state index is 11.7. The number of benzene rings is 1. The summed E-state index contributed by atoms with van der Waals surface area (Å²) in [6.07, 6.45) is 0. The number of anilines is 1. The molecule has 1 amide bonds. The molecule has 0 saturated heterocycles. The van der Waals surface area contributed by atoms with Gasteiger partial charge in [0.1, 0.15) is 5.54 Å². The van der Waals surface area contributed by atoms with Gasteiger partial charge in [-0.25, -0.2) is 0 Å². The first-order valence-electron chi connectivity index (χ1n) is 4.69. The lowest BCUT2D eigenvalue weighted by Gasteiger charge is -2.21. The maximum atomic E-state index is 11.7. The maximum Gasteiger partial charge on any atom is 0.249 e. The van der Waals surface area contributed by atoms with Crippen molar-refractivity contribution < 1.29 is 4.79 Å². The van der Waals surface area contributed by atoms with Gasteiger partial charge < -0.3 is 10.6 Å². The third kappa shape index (κ3) is 1.06. The van der Waals surface area contributed by atoms with Crippen molar-refractivity contribution in [1.82, 2.24) is 5.32 Å². The molecule has 1 aliphatic heterocycles. The Hall–Kier alpha value is -1.35. The molecule has 3 heteroatoms. The summed E-state index contributed by atoms with van der Waals surface area (Å²) in [6, 6.07) is 6.00. The molecule has 1 atom stereocenters. The standard InChI is InChI=1S/C11H14N2O/c1-7-4-5-9-8(6-7)11(2,12-3)10(14)13-9/h4-6,12H,1-3H3,(H,13,14). The molecule has 1 aromatic carbocycles. The molecule has 1 aliphatic rings. The number of carbonyl (C=O) groups excluding carboxylic acids is 1. The van der Waals surface area contributed by atoms with E-state index in [-0.39, 0.29) is 5.91 Å². The summed E-state index contributed by atoms with van der Waals surface area (Å²) in [5, 5.41) is 5.93. The van der Waals surface area contributed by atoms with E-state index in [1.54, 1.807) is 7.05 Å². The van der Waals surface area contributed by atoms with Crippen LogP contribution in [0.25, 0.3) is 0 Å². The van der Waals surface area contributed by atoms with Crippen LogP contribution in [0.1, 0.15) is 18.1 Å². The van der Waals surface area contributed by atoms with Gasteiger partial charge in [-0.15, -0.1) is 0 Å². The molecule has 14 heavy (non-hydrogen) atoms. The molecule has 0 bridgehead atoms. The van der Waals surface area contributed by atoms with E-state index < -0.39 is 5.54 Å². The van der Waals surface area contributed by atoms with Gasteiger partial charge in [-0.3, -0.25) is 4.79 Å². The number of rotatable bonds is 1. The number of carbonyl (C=O) groups is 1. The zero-order valence-corrected chi connectivity index (χ0v) is 8.64. The average molecular weight is 190 g/mol. The predicted octanol–water partition coefficient (Wildman–Crippen LogP) is 1.38. The fourth-order valence-corrected chi connectivity index (χ4v) is 1.80. The van der Waals surface area contributed by atoms with E-state index in [1.807, 2.05) is 32.0 Å². The number of aryl methyl sites for hydroxylation is 1. The fourth-order valence-electron chi connectivity index (χ4n) is 1.80. The fraction of sp³-hybridized carbons (Fsp3) is 0.364. The third-order valence-electron chi connectivity index (χ3n) is 2.92. The summed E-state index contributed by atoms with van der Waals surface area (Å²) in [6.45, 7) is 3.92. The molecule has 0 aliphatic carbocycles. The lowest BCUT2D eigenvalue weighted by atomic mass is 9.93. The predicted molar refractivity (Wildman–Crippen MR) is 56.2 cm³/mol. The molecule has 0 spiro atoms. The zero-order valence-electron chi connectivity index (χ0n) is 8.64. The smallest absolute Gasteiger partial charge is 0.249 e. The molecule has 1 unspecified atom stereocenters. The van der Waals surface area contributed by atoms with E-state index in [1.165, 1.54) is 5.56 Å². The molecule has 2 rings (SSSR count). The zero-order chi connectivity index (χ0) is 10.3. The lowest BCUT2D eigenvalue weighted by Crippen LogP contribution is -2.43. The minimum Gasteiger partial charge on any atom is -0.324 e. The quantitative estimate of drug-likeness (QED) is 0.702. The van der Waals surface area contributed by atoms with Gasteiger partial charge >= 0.3 is 0 Å². The Labute approximate surface area is 83.5 Å². The van der Waals surface area contributed by atoms with Gasteiger partial charge in [0, 0.05) is 11.3 Å². The van der Waals surface area contributed by atoms with Gasteiger partial charge in [0.05, 0.1) is 0 Å². The summed E-state index contributed by atoms with van der Waals surface area (Å²) in [5.41, 5.74) is 2.53. The Bertz CT molecular complexity index is 400. The molecular weight excluding hydrogens is 176 g/mol. The molecule has 1 aromatic rings. The highest BCUT2D eigenvalue weighted by Crippen LogP contribution is 2.35. The number of hydrogen-bond donors (Lipinski definition) is 2. The Balaban J connectivity index is 2.61. The summed E-state index contributed by atoms with van der Waals surface area (Å²) in [7, 11) is 1.80. The van der Waals surface area contributed by atoms with Gasteiger partial charge in [-0.1, -0.05) is 17.7 Å². The largest absolute Gasteiger partial charge is 0.324 e. The van der Waals surface area contributed by atoms with Crippen LogP contribution in [-0.2, 0) is 10.3 Å². The number of likely N-dealkylation sites (N-methyl/N-ethyl adjacent to an activating group) is 1. The van der Waals surface area contributed by atoms with Gasteiger partial charge in [-0.2, -0.15) is 0 Å². The number of hydrogen-bond acceptors (Lipinski definition) is 2. The second-order valence-electron chi connectivity index (χ2n) is 3.88. The second kappa shape index (κ2) is 2.82. The number of nitrogens with one attached hydrogen (secondary N) is 2. The third-order valence-corrected chi connectivity index (χ3v) is 2.92. The van der Waals surface area contributed by atoms with Crippen LogP contribution >= 0.6 is 0 Å². The van der Waals surface area contributed by atoms with Gasteiger partial charge in [0.25, 0.3) is 0 Å². The Morgan fingerprint density at radius 1 is 1.43 bits per heavy atom. The SMILES string of the molecule is CNC1(C)C(=O)Nc2ccc(C)cc21. The molecule has 0 radical (unpaired) electrons. The van der Waals surface area contributed by atoms with Crippen LogP contribution in [-0.4, -0.2) is 13.0 Å². The molecule has 3 nitrogen and oxygen atoms in total. The monoisotopic (exact) mass is 190 g/mol. The summed E-state index contributed by atoms with van der Waals surface area (Å²) >= 11 is 0.